The average Bonchev–Trinajstić information content (AvgIpc) is 2.39. The molecule has 2 N–H and O–H groups in total. The molecule has 0 heterocycles. The highest BCUT2D eigenvalue weighted by molar-refractivity contribution is 9.10. The number of hydrogen-bond acceptors (Lipinski definition) is 2. The van der Waals surface area contributed by atoms with Crippen LogP contribution in [0.1, 0.15) is 17.3 Å². The van der Waals surface area contributed by atoms with Crippen LogP contribution in [0.15, 0.2) is 46.9 Å². The zero-order valence-electron chi connectivity index (χ0n) is 10.5. The minimum Gasteiger partial charge on any atom is -0.494 e. The number of amides is 1. The van der Waals surface area contributed by atoms with Crippen molar-refractivity contribution in [1.29, 1.82) is 0 Å². The van der Waals surface area contributed by atoms with Crippen molar-refractivity contribution in [1.82, 2.24) is 0 Å². The Morgan fingerprint density at radius 3 is 2.42 bits per heavy atom. The third kappa shape index (κ3) is 3.35. The van der Waals surface area contributed by atoms with Crippen molar-refractivity contribution in [3.8, 4) is 16.9 Å². The van der Waals surface area contributed by atoms with E-state index in [9.17, 15) is 4.79 Å². The van der Waals surface area contributed by atoms with Gasteiger partial charge in [0.15, 0.2) is 0 Å². The number of benzene rings is 2. The Labute approximate surface area is 120 Å². The minimum absolute atomic E-state index is 0.437. The molecule has 0 unspecified atom stereocenters. The lowest BCUT2D eigenvalue weighted by molar-refractivity contribution is 0.100. The summed E-state index contributed by atoms with van der Waals surface area (Å²) in [5, 5.41) is 0. The Hall–Kier alpha value is -1.81. The fraction of sp³-hybridized carbons (Fsp3) is 0.133. The molecule has 0 aliphatic heterocycles. The smallest absolute Gasteiger partial charge is 0.248 e. The molecular weight excluding hydrogens is 306 g/mol. The topological polar surface area (TPSA) is 52.3 Å². The maximum atomic E-state index is 11.3. The number of carbonyl (C=O) groups is 1. The molecular formula is C15H14BrNO2. The molecule has 0 saturated heterocycles. The van der Waals surface area contributed by atoms with Crippen LogP contribution in [0.3, 0.4) is 0 Å². The quantitative estimate of drug-likeness (QED) is 0.935. The summed E-state index contributed by atoms with van der Waals surface area (Å²) in [6.45, 7) is 2.59. The molecule has 98 valence electrons. The van der Waals surface area contributed by atoms with Crippen molar-refractivity contribution in [3.05, 3.63) is 52.5 Å². The van der Waals surface area contributed by atoms with Crippen molar-refractivity contribution >= 4 is 21.8 Å². The molecule has 0 fully saturated rings. The minimum atomic E-state index is -0.437. The van der Waals surface area contributed by atoms with Crippen LogP contribution < -0.4 is 10.5 Å². The van der Waals surface area contributed by atoms with Crippen LogP contribution in [0.5, 0.6) is 5.75 Å². The van der Waals surface area contributed by atoms with E-state index in [1.165, 1.54) is 0 Å². The molecule has 2 aromatic carbocycles. The number of ether oxygens (including phenoxy) is 1. The first kappa shape index (κ1) is 13.6. The van der Waals surface area contributed by atoms with Gasteiger partial charge in [-0.1, -0.05) is 28.1 Å². The second-order valence-electron chi connectivity index (χ2n) is 4.05. The van der Waals surface area contributed by atoms with Gasteiger partial charge in [0.2, 0.25) is 5.91 Å². The number of halogens is 1. The van der Waals surface area contributed by atoms with E-state index in [1.54, 1.807) is 12.1 Å². The second-order valence-corrected chi connectivity index (χ2v) is 4.97. The summed E-state index contributed by atoms with van der Waals surface area (Å²) in [6.07, 6.45) is 0. The predicted octanol–water partition coefficient (Wildman–Crippen LogP) is 3.61. The summed E-state index contributed by atoms with van der Waals surface area (Å²) in [4.78, 5) is 11.3. The number of nitrogens with two attached hydrogens (primary N) is 1. The SMILES string of the molecule is CCOc1ccc(-c2cc(Br)cc(C(N)=O)c2)cc1. The van der Waals surface area contributed by atoms with Gasteiger partial charge in [-0.05, 0) is 48.4 Å². The molecule has 0 bridgehead atoms. The molecule has 4 heteroatoms. The summed E-state index contributed by atoms with van der Waals surface area (Å²) >= 11 is 3.39. The number of primary amides is 1. The van der Waals surface area contributed by atoms with E-state index in [-0.39, 0.29) is 0 Å². The van der Waals surface area contributed by atoms with Crippen LogP contribution in [0.2, 0.25) is 0 Å². The summed E-state index contributed by atoms with van der Waals surface area (Å²) < 4.78 is 6.23. The van der Waals surface area contributed by atoms with Crippen LogP contribution in [0, 0.1) is 0 Å². The highest BCUT2D eigenvalue weighted by Crippen LogP contribution is 2.26. The third-order valence-electron chi connectivity index (χ3n) is 2.68. The molecule has 2 rings (SSSR count). The zero-order chi connectivity index (χ0) is 13.8. The summed E-state index contributed by atoms with van der Waals surface area (Å²) in [7, 11) is 0. The van der Waals surface area contributed by atoms with E-state index in [4.69, 9.17) is 10.5 Å². The van der Waals surface area contributed by atoms with Crippen LogP contribution in [0.25, 0.3) is 11.1 Å². The Balaban J connectivity index is 2.38. The van der Waals surface area contributed by atoms with E-state index in [0.717, 1.165) is 21.3 Å². The summed E-state index contributed by atoms with van der Waals surface area (Å²) in [5.41, 5.74) is 7.74. The van der Waals surface area contributed by atoms with Gasteiger partial charge in [0, 0.05) is 10.0 Å². The maximum Gasteiger partial charge on any atom is 0.248 e. The van der Waals surface area contributed by atoms with E-state index in [2.05, 4.69) is 15.9 Å². The van der Waals surface area contributed by atoms with E-state index in [1.807, 2.05) is 37.3 Å². The molecule has 0 aliphatic rings. The largest absolute Gasteiger partial charge is 0.494 e. The molecule has 0 aliphatic carbocycles. The van der Waals surface area contributed by atoms with Crippen LogP contribution in [-0.4, -0.2) is 12.5 Å². The highest BCUT2D eigenvalue weighted by Gasteiger charge is 2.06. The molecule has 0 atom stereocenters. The summed E-state index contributed by atoms with van der Waals surface area (Å²) in [5.74, 6) is 0.393. The fourth-order valence-electron chi connectivity index (χ4n) is 1.81. The van der Waals surface area contributed by atoms with Crippen molar-refractivity contribution in [2.75, 3.05) is 6.61 Å². The van der Waals surface area contributed by atoms with Gasteiger partial charge in [-0.2, -0.15) is 0 Å². The Bertz CT molecular complexity index is 594. The average molecular weight is 320 g/mol. The molecule has 3 nitrogen and oxygen atoms in total. The number of hydrogen-bond donors (Lipinski definition) is 1. The molecule has 0 aromatic heterocycles. The van der Waals surface area contributed by atoms with Crippen molar-refractivity contribution < 1.29 is 9.53 Å². The monoisotopic (exact) mass is 319 g/mol. The molecule has 0 saturated carbocycles. The molecule has 19 heavy (non-hydrogen) atoms. The van der Waals surface area contributed by atoms with Gasteiger partial charge in [-0.25, -0.2) is 0 Å². The maximum absolute atomic E-state index is 11.3. The third-order valence-corrected chi connectivity index (χ3v) is 3.14. The number of carbonyl (C=O) groups excluding carboxylic acids is 1. The van der Waals surface area contributed by atoms with Gasteiger partial charge in [0.25, 0.3) is 0 Å². The van der Waals surface area contributed by atoms with E-state index >= 15 is 0 Å². The normalized spacial score (nSPS) is 10.2. The Kier molecular flexibility index (Phi) is 4.22. The van der Waals surface area contributed by atoms with E-state index in [0.29, 0.717) is 12.2 Å². The fourth-order valence-corrected chi connectivity index (χ4v) is 2.30. The van der Waals surface area contributed by atoms with E-state index < -0.39 is 5.91 Å². The molecule has 1 amide bonds. The van der Waals surface area contributed by atoms with Crippen LogP contribution >= 0.6 is 15.9 Å². The van der Waals surface area contributed by atoms with Crippen LogP contribution in [-0.2, 0) is 0 Å². The lowest BCUT2D eigenvalue weighted by Gasteiger charge is -2.07. The molecule has 0 spiro atoms. The van der Waals surface area contributed by atoms with Gasteiger partial charge in [-0.15, -0.1) is 0 Å². The van der Waals surface area contributed by atoms with Gasteiger partial charge in [-0.3, -0.25) is 4.79 Å². The first-order valence-corrected chi connectivity index (χ1v) is 6.73. The van der Waals surface area contributed by atoms with Gasteiger partial charge < -0.3 is 10.5 Å². The first-order chi connectivity index (χ1) is 9.10. The van der Waals surface area contributed by atoms with Gasteiger partial charge in [0.1, 0.15) is 5.75 Å². The lowest BCUT2D eigenvalue weighted by atomic mass is 10.0. The van der Waals surface area contributed by atoms with Crippen molar-refractivity contribution in [2.24, 2.45) is 5.73 Å². The van der Waals surface area contributed by atoms with Gasteiger partial charge in [0.05, 0.1) is 6.61 Å². The highest BCUT2D eigenvalue weighted by atomic mass is 79.9. The molecule has 0 radical (unpaired) electrons. The van der Waals surface area contributed by atoms with Crippen LogP contribution in [0.4, 0.5) is 0 Å². The standard InChI is InChI=1S/C15H14BrNO2/c1-2-19-14-5-3-10(4-6-14)11-7-12(15(17)18)9-13(16)8-11/h3-9H,2H2,1H3,(H2,17,18). The van der Waals surface area contributed by atoms with Crippen molar-refractivity contribution in [2.45, 2.75) is 6.92 Å². The van der Waals surface area contributed by atoms with Crippen molar-refractivity contribution in [3.63, 3.8) is 0 Å². The lowest BCUT2D eigenvalue weighted by Crippen LogP contribution is -2.10. The second kappa shape index (κ2) is 5.89. The number of rotatable bonds is 4. The first-order valence-electron chi connectivity index (χ1n) is 5.94. The van der Waals surface area contributed by atoms with Gasteiger partial charge >= 0.3 is 0 Å². The zero-order valence-corrected chi connectivity index (χ0v) is 12.1. The predicted molar refractivity (Wildman–Crippen MR) is 79.3 cm³/mol. The summed E-state index contributed by atoms with van der Waals surface area (Å²) in [6, 6.07) is 13.2. The Morgan fingerprint density at radius 1 is 1.16 bits per heavy atom. The molecule has 2 aromatic rings. The Morgan fingerprint density at radius 2 is 1.84 bits per heavy atom.